The minimum Gasteiger partial charge on any atom is -0.377 e. The molecule has 0 spiro atoms. The highest BCUT2D eigenvalue weighted by atomic mass is 16.5. The quantitative estimate of drug-likeness (QED) is 0.722. The Kier molecular flexibility index (Phi) is 3.23. The first-order chi connectivity index (χ1) is 6.34. The van der Waals surface area contributed by atoms with Crippen LogP contribution in [0.25, 0.3) is 0 Å². The molecular weight excluding hydrogens is 162 g/mol. The predicted octanol–water partition coefficient (Wildman–Crippen LogP) is 1.94. The van der Waals surface area contributed by atoms with Crippen LogP contribution in [0.15, 0.2) is 0 Å². The molecule has 2 heteroatoms. The van der Waals surface area contributed by atoms with Gasteiger partial charge in [-0.15, -0.1) is 0 Å². The van der Waals surface area contributed by atoms with E-state index in [1.54, 1.807) is 0 Å². The van der Waals surface area contributed by atoms with Crippen molar-refractivity contribution >= 4 is 0 Å². The molecule has 1 aliphatic heterocycles. The summed E-state index contributed by atoms with van der Waals surface area (Å²) in [5.41, 5.74) is 0. The molecule has 0 amide bonds. The Morgan fingerprint density at radius 2 is 2.15 bits per heavy atom. The molecule has 2 rings (SSSR count). The molecule has 1 unspecified atom stereocenters. The van der Waals surface area contributed by atoms with Gasteiger partial charge in [0.05, 0.1) is 6.10 Å². The number of hydrogen-bond donors (Lipinski definition) is 1. The first kappa shape index (κ1) is 9.47. The Morgan fingerprint density at radius 1 is 1.31 bits per heavy atom. The molecule has 13 heavy (non-hydrogen) atoms. The molecule has 0 aromatic rings. The summed E-state index contributed by atoms with van der Waals surface area (Å²) in [6, 6.07) is 0.792. The van der Waals surface area contributed by atoms with Crippen LogP contribution in [0, 0.1) is 5.92 Å². The Labute approximate surface area is 81.0 Å². The number of ether oxygens (including phenoxy) is 1. The molecule has 1 N–H and O–H groups in total. The molecule has 0 radical (unpaired) electrons. The van der Waals surface area contributed by atoms with Gasteiger partial charge in [0.15, 0.2) is 0 Å². The van der Waals surface area contributed by atoms with E-state index < -0.39 is 0 Å². The summed E-state index contributed by atoms with van der Waals surface area (Å²) in [5.74, 6) is 0.949. The van der Waals surface area contributed by atoms with Gasteiger partial charge in [-0.2, -0.15) is 0 Å². The molecule has 1 aliphatic carbocycles. The normalized spacial score (nSPS) is 39.9. The molecule has 2 nitrogen and oxygen atoms in total. The molecule has 0 aromatic heterocycles. The number of rotatable bonds is 3. The van der Waals surface area contributed by atoms with Crippen molar-refractivity contribution in [2.45, 2.75) is 51.2 Å². The maximum Gasteiger partial charge on any atom is 0.0699 e. The molecule has 76 valence electrons. The minimum absolute atomic E-state index is 0.504. The third-order valence-electron chi connectivity index (χ3n) is 3.28. The summed E-state index contributed by atoms with van der Waals surface area (Å²) in [4.78, 5) is 0. The van der Waals surface area contributed by atoms with Crippen LogP contribution < -0.4 is 5.32 Å². The molecule has 2 aliphatic rings. The smallest absolute Gasteiger partial charge is 0.0699 e. The molecule has 1 atom stereocenters. The third kappa shape index (κ3) is 2.68. The molecule has 1 saturated carbocycles. The van der Waals surface area contributed by atoms with Gasteiger partial charge in [-0.05, 0) is 38.0 Å². The van der Waals surface area contributed by atoms with Gasteiger partial charge in [-0.25, -0.2) is 0 Å². The van der Waals surface area contributed by atoms with Crippen molar-refractivity contribution in [1.29, 1.82) is 0 Å². The van der Waals surface area contributed by atoms with E-state index in [9.17, 15) is 0 Å². The Hall–Kier alpha value is -0.0800. The largest absolute Gasteiger partial charge is 0.377 e. The van der Waals surface area contributed by atoms with Crippen molar-refractivity contribution in [2.75, 3.05) is 13.2 Å². The van der Waals surface area contributed by atoms with Crippen molar-refractivity contribution in [3.8, 4) is 0 Å². The average Bonchev–Trinajstić information content (AvgIpc) is 2.12. The number of nitrogens with one attached hydrogen (secondary N) is 1. The summed E-state index contributed by atoms with van der Waals surface area (Å²) in [6.45, 7) is 4.39. The maximum atomic E-state index is 5.66. The summed E-state index contributed by atoms with van der Waals surface area (Å²) in [6.07, 6.45) is 7.11. The first-order valence-corrected chi connectivity index (χ1v) is 5.69. The van der Waals surface area contributed by atoms with Crippen LogP contribution in [0.3, 0.4) is 0 Å². The van der Waals surface area contributed by atoms with E-state index in [0.29, 0.717) is 6.10 Å². The molecule has 2 fully saturated rings. The Balaban J connectivity index is 1.56. The van der Waals surface area contributed by atoms with Crippen molar-refractivity contribution in [1.82, 2.24) is 5.32 Å². The zero-order chi connectivity index (χ0) is 9.10. The fraction of sp³-hybridized carbons (Fsp3) is 1.00. The molecule has 1 heterocycles. The van der Waals surface area contributed by atoms with E-state index in [-0.39, 0.29) is 0 Å². The first-order valence-electron chi connectivity index (χ1n) is 5.69. The molecule has 0 bridgehead atoms. The minimum atomic E-state index is 0.504. The predicted molar refractivity (Wildman–Crippen MR) is 53.8 cm³/mol. The lowest BCUT2D eigenvalue weighted by atomic mass is 9.82. The van der Waals surface area contributed by atoms with Gasteiger partial charge in [0, 0.05) is 19.2 Å². The second-order valence-corrected chi connectivity index (χ2v) is 4.67. The van der Waals surface area contributed by atoms with E-state index in [4.69, 9.17) is 4.74 Å². The molecular formula is C11H21NO. The van der Waals surface area contributed by atoms with Gasteiger partial charge in [0.1, 0.15) is 0 Å². The standard InChI is InChI=1S/C11H21NO/c1-9-6-10(7-9)12-8-11-4-2-3-5-13-11/h9-12H,2-8H2,1H3. The number of hydrogen-bond acceptors (Lipinski definition) is 2. The van der Waals surface area contributed by atoms with Crippen molar-refractivity contribution in [3.63, 3.8) is 0 Å². The fourth-order valence-corrected chi connectivity index (χ4v) is 2.34. The van der Waals surface area contributed by atoms with Crippen LogP contribution in [-0.4, -0.2) is 25.3 Å². The van der Waals surface area contributed by atoms with Gasteiger partial charge >= 0.3 is 0 Å². The second kappa shape index (κ2) is 4.43. The van der Waals surface area contributed by atoms with E-state index in [2.05, 4.69) is 12.2 Å². The van der Waals surface area contributed by atoms with Gasteiger partial charge < -0.3 is 10.1 Å². The topological polar surface area (TPSA) is 21.3 Å². The van der Waals surface area contributed by atoms with Gasteiger partial charge in [0.25, 0.3) is 0 Å². The van der Waals surface area contributed by atoms with Crippen molar-refractivity contribution in [2.24, 2.45) is 5.92 Å². The monoisotopic (exact) mass is 183 g/mol. The highest BCUT2D eigenvalue weighted by molar-refractivity contribution is 4.83. The van der Waals surface area contributed by atoms with Crippen LogP contribution in [0.5, 0.6) is 0 Å². The van der Waals surface area contributed by atoms with Crippen molar-refractivity contribution in [3.05, 3.63) is 0 Å². The van der Waals surface area contributed by atoms with Crippen LogP contribution in [0.4, 0.5) is 0 Å². The summed E-state index contributed by atoms with van der Waals surface area (Å²) < 4.78 is 5.66. The lowest BCUT2D eigenvalue weighted by molar-refractivity contribution is 0.0124. The summed E-state index contributed by atoms with van der Waals surface area (Å²) >= 11 is 0. The maximum absolute atomic E-state index is 5.66. The van der Waals surface area contributed by atoms with Gasteiger partial charge in [0.2, 0.25) is 0 Å². The summed E-state index contributed by atoms with van der Waals surface area (Å²) in [7, 11) is 0. The van der Waals surface area contributed by atoms with Crippen LogP contribution in [0.1, 0.15) is 39.0 Å². The van der Waals surface area contributed by atoms with Crippen molar-refractivity contribution < 1.29 is 4.74 Å². The zero-order valence-corrected chi connectivity index (χ0v) is 8.59. The van der Waals surface area contributed by atoms with Gasteiger partial charge in [-0.1, -0.05) is 6.92 Å². The highest BCUT2D eigenvalue weighted by Gasteiger charge is 2.25. The van der Waals surface area contributed by atoms with E-state index >= 15 is 0 Å². The molecule has 0 aromatic carbocycles. The zero-order valence-electron chi connectivity index (χ0n) is 8.59. The lowest BCUT2D eigenvalue weighted by Gasteiger charge is -2.35. The van der Waals surface area contributed by atoms with E-state index in [1.807, 2.05) is 0 Å². The van der Waals surface area contributed by atoms with Gasteiger partial charge in [-0.3, -0.25) is 0 Å². The van der Waals surface area contributed by atoms with Crippen LogP contribution in [0.2, 0.25) is 0 Å². The SMILES string of the molecule is CC1CC(NCC2CCCCO2)C1. The average molecular weight is 183 g/mol. The second-order valence-electron chi connectivity index (χ2n) is 4.67. The van der Waals surface area contributed by atoms with E-state index in [1.165, 1.54) is 32.1 Å². The van der Waals surface area contributed by atoms with Crippen LogP contribution in [-0.2, 0) is 4.74 Å². The highest BCUT2D eigenvalue weighted by Crippen LogP contribution is 2.26. The van der Waals surface area contributed by atoms with Crippen LogP contribution >= 0.6 is 0 Å². The summed E-state index contributed by atoms with van der Waals surface area (Å²) in [5, 5.41) is 3.59. The third-order valence-corrected chi connectivity index (χ3v) is 3.28. The fourth-order valence-electron chi connectivity index (χ4n) is 2.34. The Bertz CT molecular complexity index is 148. The molecule has 1 saturated heterocycles. The van der Waals surface area contributed by atoms with E-state index in [0.717, 1.165) is 25.1 Å². The lowest BCUT2D eigenvalue weighted by Crippen LogP contribution is -2.44. The Morgan fingerprint density at radius 3 is 2.77 bits per heavy atom.